The molecule has 0 fully saturated rings. The zero-order valence-electron chi connectivity index (χ0n) is 13.3. The fraction of sp³-hybridized carbons (Fsp3) is 0.353. The number of allylic oxidation sites excluding steroid dienone is 1. The molecule has 0 bridgehead atoms. The molecule has 0 spiro atoms. The van der Waals surface area contributed by atoms with Gasteiger partial charge < -0.3 is 10.1 Å². The monoisotopic (exact) mass is 330 g/mol. The molecule has 2 atom stereocenters. The first kappa shape index (κ1) is 17.1. The van der Waals surface area contributed by atoms with Crippen LogP contribution in [0.4, 0.5) is 0 Å². The zero-order valence-corrected chi connectivity index (χ0v) is 14.1. The maximum Gasteiger partial charge on any atom is 0.319 e. The number of carbonyl (C=O) groups is 2. The molecule has 1 amide bonds. The van der Waals surface area contributed by atoms with Crippen molar-refractivity contribution in [2.75, 3.05) is 12.9 Å². The number of esters is 1. The van der Waals surface area contributed by atoms with Crippen LogP contribution in [-0.2, 0) is 14.3 Å². The molecule has 6 heteroatoms. The van der Waals surface area contributed by atoms with Crippen LogP contribution in [0.2, 0.25) is 0 Å². The van der Waals surface area contributed by atoms with Crippen LogP contribution >= 0.6 is 11.8 Å². The Kier molecular flexibility index (Phi) is 5.45. The van der Waals surface area contributed by atoms with Gasteiger partial charge in [0.05, 0.1) is 23.8 Å². The number of carbonyl (C=O) groups excluding carboxylic acids is 2. The molecular weight excluding hydrogens is 312 g/mol. The minimum atomic E-state index is -1.06. The van der Waals surface area contributed by atoms with Crippen LogP contribution in [0.15, 0.2) is 34.9 Å². The molecule has 0 saturated heterocycles. The molecule has 120 valence electrons. The fourth-order valence-corrected chi connectivity index (χ4v) is 3.53. The third-order valence-electron chi connectivity index (χ3n) is 3.80. The van der Waals surface area contributed by atoms with E-state index in [0.717, 1.165) is 11.1 Å². The van der Waals surface area contributed by atoms with Crippen LogP contribution in [0, 0.1) is 24.2 Å². The summed E-state index contributed by atoms with van der Waals surface area (Å²) in [5.41, 5.74) is 2.12. The topological polar surface area (TPSA) is 79.2 Å². The molecule has 1 aliphatic heterocycles. The van der Waals surface area contributed by atoms with Gasteiger partial charge in [-0.05, 0) is 23.8 Å². The Bertz CT molecular complexity index is 706. The Morgan fingerprint density at radius 2 is 2.13 bits per heavy atom. The van der Waals surface area contributed by atoms with Gasteiger partial charge in [0.2, 0.25) is 5.91 Å². The second kappa shape index (κ2) is 7.34. The first-order chi connectivity index (χ1) is 11.0. The summed E-state index contributed by atoms with van der Waals surface area (Å²) in [6.07, 6.45) is 0. The summed E-state index contributed by atoms with van der Waals surface area (Å²) in [7, 11) is 1.25. The average Bonchev–Trinajstić information content (AvgIpc) is 2.54. The lowest BCUT2D eigenvalue weighted by Gasteiger charge is -2.31. The van der Waals surface area contributed by atoms with Gasteiger partial charge in [-0.2, -0.15) is 5.26 Å². The molecule has 1 N–H and O–H groups in total. The number of ether oxygens (including phenoxy) is 1. The number of rotatable bonds is 4. The number of amides is 1. The van der Waals surface area contributed by atoms with Gasteiger partial charge >= 0.3 is 5.97 Å². The highest BCUT2D eigenvalue weighted by Gasteiger charge is 2.44. The van der Waals surface area contributed by atoms with Gasteiger partial charge in [0.25, 0.3) is 0 Å². The molecule has 1 aromatic carbocycles. The van der Waals surface area contributed by atoms with Gasteiger partial charge in [-0.3, -0.25) is 9.59 Å². The van der Waals surface area contributed by atoms with Crippen molar-refractivity contribution in [1.29, 1.82) is 5.26 Å². The van der Waals surface area contributed by atoms with E-state index >= 15 is 0 Å². The van der Waals surface area contributed by atoms with Gasteiger partial charge in [0.15, 0.2) is 0 Å². The average molecular weight is 330 g/mol. The fourth-order valence-electron chi connectivity index (χ4n) is 2.74. The SMILES string of the molecule is CCSC1=C(C#N)[C@@H](c2ccccc2C)[C@H](C(=O)OC)C(=O)N1. The van der Waals surface area contributed by atoms with Crippen molar-refractivity contribution in [2.45, 2.75) is 19.8 Å². The van der Waals surface area contributed by atoms with Crippen molar-refractivity contribution in [1.82, 2.24) is 5.32 Å². The maximum atomic E-state index is 12.5. The summed E-state index contributed by atoms with van der Waals surface area (Å²) in [5, 5.41) is 12.8. The van der Waals surface area contributed by atoms with Crippen LogP contribution in [0.3, 0.4) is 0 Å². The maximum absolute atomic E-state index is 12.5. The summed E-state index contributed by atoms with van der Waals surface area (Å²) < 4.78 is 4.80. The second-order valence-electron chi connectivity index (χ2n) is 5.11. The molecular formula is C17H18N2O3S. The van der Waals surface area contributed by atoms with Crippen LogP contribution in [-0.4, -0.2) is 24.7 Å². The standard InChI is InChI=1S/C17H18N2O3S/c1-4-23-16-12(9-18)13(11-8-6-5-7-10(11)2)14(15(20)19-16)17(21)22-3/h5-8,13-14H,4H2,1-3H3,(H,19,20)/t13-,14+/m1/s1. The molecule has 1 aliphatic rings. The van der Waals surface area contributed by atoms with E-state index in [1.165, 1.54) is 18.9 Å². The predicted octanol–water partition coefficient (Wildman–Crippen LogP) is 2.49. The Morgan fingerprint density at radius 3 is 2.70 bits per heavy atom. The Hall–Kier alpha value is -2.26. The number of hydrogen-bond acceptors (Lipinski definition) is 5. The van der Waals surface area contributed by atoms with E-state index < -0.39 is 23.7 Å². The molecule has 1 heterocycles. The van der Waals surface area contributed by atoms with Crippen molar-refractivity contribution >= 4 is 23.6 Å². The third kappa shape index (κ3) is 3.25. The minimum Gasteiger partial charge on any atom is -0.468 e. The molecule has 5 nitrogen and oxygen atoms in total. The first-order valence-corrected chi connectivity index (χ1v) is 8.25. The Balaban J connectivity index is 2.67. The number of methoxy groups -OCH3 is 1. The van der Waals surface area contributed by atoms with E-state index in [4.69, 9.17) is 4.74 Å². The summed E-state index contributed by atoms with van der Waals surface area (Å²) in [6, 6.07) is 9.65. The predicted molar refractivity (Wildman–Crippen MR) is 88.3 cm³/mol. The Labute approximate surface area is 139 Å². The lowest BCUT2D eigenvalue weighted by molar-refractivity contribution is -0.150. The minimum absolute atomic E-state index is 0.404. The van der Waals surface area contributed by atoms with Gasteiger partial charge in [0, 0.05) is 5.92 Å². The number of nitrogens with one attached hydrogen (secondary N) is 1. The summed E-state index contributed by atoms with van der Waals surface area (Å²) >= 11 is 1.39. The van der Waals surface area contributed by atoms with E-state index in [1.807, 2.05) is 38.1 Å². The van der Waals surface area contributed by atoms with Gasteiger partial charge in [-0.15, -0.1) is 11.8 Å². The van der Waals surface area contributed by atoms with Crippen molar-refractivity contribution in [3.8, 4) is 6.07 Å². The second-order valence-corrected chi connectivity index (χ2v) is 6.39. The smallest absolute Gasteiger partial charge is 0.319 e. The number of thioether (sulfide) groups is 1. The van der Waals surface area contributed by atoms with Crippen LogP contribution in [0.1, 0.15) is 24.0 Å². The summed E-state index contributed by atoms with van der Waals surface area (Å²) in [5.74, 6) is -2.04. The summed E-state index contributed by atoms with van der Waals surface area (Å²) in [4.78, 5) is 24.6. The molecule has 0 aliphatic carbocycles. The van der Waals surface area contributed by atoms with Gasteiger partial charge in [-0.25, -0.2) is 0 Å². The molecule has 0 aromatic heterocycles. The lowest BCUT2D eigenvalue weighted by atomic mass is 9.77. The van der Waals surface area contributed by atoms with Gasteiger partial charge in [-0.1, -0.05) is 31.2 Å². The van der Waals surface area contributed by atoms with Crippen molar-refractivity contribution < 1.29 is 14.3 Å². The van der Waals surface area contributed by atoms with Crippen molar-refractivity contribution in [2.24, 2.45) is 5.92 Å². The summed E-state index contributed by atoms with van der Waals surface area (Å²) in [6.45, 7) is 3.84. The third-order valence-corrected chi connectivity index (χ3v) is 4.70. The van der Waals surface area contributed by atoms with E-state index in [-0.39, 0.29) is 0 Å². The van der Waals surface area contributed by atoms with E-state index in [0.29, 0.717) is 16.4 Å². The van der Waals surface area contributed by atoms with Crippen LogP contribution in [0.25, 0.3) is 0 Å². The van der Waals surface area contributed by atoms with Gasteiger partial charge in [0.1, 0.15) is 5.92 Å². The van der Waals surface area contributed by atoms with Crippen LogP contribution in [0.5, 0.6) is 0 Å². The number of hydrogen-bond donors (Lipinski definition) is 1. The van der Waals surface area contributed by atoms with E-state index in [2.05, 4.69) is 11.4 Å². The molecule has 2 rings (SSSR count). The molecule has 0 radical (unpaired) electrons. The highest BCUT2D eigenvalue weighted by atomic mass is 32.2. The number of nitriles is 1. The van der Waals surface area contributed by atoms with Crippen molar-refractivity contribution in [3.05, 3.63) is 46.0 Å². The first-order valence-electron chi connectivity index (χ1n) is 7.26. The highest BCUT2D eigenvalue weighted by molar-refractivity contribution is 8.03. The quantitative estimate of drug-likeness (QED) is 0.678. The largest absolute Gasteiger partial charge is 0.468 e. The molecule has 0 saturated carbocycles. The van der Waals surface area contributed by atoms with Crippen LogP contribution < -0.4 is 5.32 Å². The molecule has 23 heavy (non-hydrogen) atoms. The van der Waals surface area contributed by atoms with E-state index in [9.17, 15) is 14.9 Å². The molecule has 0 unspecified atom stereocenters. The zero-order chi connectivity index (χ0) is 17.0. The van der Waals surface area contributed by atoms with E-state index in [1.54, 1.807) is 0 Å². The molecule has 1 aromatic rings. The lowest BCUT2D eigenvalue weighted by Crippen LogP contribution is -2.44. The highest BCUT2D eigenvalue weighted by Crippen LogP contribution is 2.41. The van der Waals surface area contributed by atoms with Crippen molar-refractivity contribution in [3.63, 3.8) is 0 Å². The number of aryl methyl sites for hydroxylation is 1. The number of benzene rings is 1. The normalized spacial score (nSPS) is 20.7. The number of nitrogens with zero attached hydrogens (tertiary/aromatic N) is 1. The Morgan fingerprint density at radius 1 is 1.43 bits per heavy atom.